The third-order valence-corrected chi connectivity index (χ3v) is 2.43. The second-order valence-corrected chi connectivity index (χ2v) is 4.29. The van der Waals surface area contributed by atoms with Gasteiger partial charge in [0.05, 0.1) is 5.70 Å². The largest absolute Gasteiger partial charge is 0.388 e. The molecular formula is C14H21BN4O. The summed E-state index contributed by atoms with van der Waals surface area (Å²) in [5.41, 5.74) is 8.23. The Bertz CT molecular complexity index is 494. The Balaban J connectivity index is 5.59. The lowest BCUT2D eigenvalue weighted by Crippen LogP contribution is -2.26. The Hall–Kier alpha value is -2.26. The van der Waals surface area contributed by atoms with E-state index in [0.29, 0.717) is 30.6 Å². The topological polar surface area (TPSA) is 90.9 Å². The lowest BCUT2D eigenvalue weighted by atomic mass is 9.97. The van der Waals surface area contributed by atoms with Crippen LogP contribution in [0.2, 0.25) is 0 Å². The predicted octanol–water partition coefficient (Wildman–Crippen LogP) is -0.292. The van der Waals surface area contributed by atoms with Crippen molar-refractivity contribution in [2.45, 2.75) is 6.92 Å². The Kier molecular flexibility index (Phi) is 8.56. The molecule has 0 aliphatic heterocycles. The van der Waals surface area contributed by atoms with Gasteiger partial charge in [0.15, 0.2) is 6.29 Å². The third kappa shape index (κ3) is 5.59. The van der Waals surface area contributed by atoms with Crippen LogP contribution in [0.1, 0.15) is 6.92 Å². The molecule has 0 radical (unpaired) electrons. The molecule has 0 fully saturated rings. The van der Waals surface area contributed by atoms with Crippen LogP contribution in [0.4, 0.5) is 0 Å². The average molecular weight is 272 g/mol. The summed E-state index contributed by atoms with van der Waals surface area (Å²) in [6.45, 7) is 6.76. The van der Waals surface area contributed by atoms with Gasteiger partial charge in [0.1, 0.15) is 19.5 Å². The van der Waals surface area contributed by atoms with Gasteiger partial charge in [-0.2, -0.15) is 5.26 Å². The highest BCUT2D eigenvalue weighted by Crippen LogP contribution is 2.16. The maximum atomic E-state index is 11.0. The molecule has 20 heavy (non-hydrogen) atoms. The zero-order valence-electron chi connectivity index (χ0n) is 12.3. The molecule has 6 heteroatoms. The monoisotopic (exact) mass is 272 g/mol. The molecule has 0 spiro atoms. The summed E-state index contributed by atoms with van der Waals surface area (Å²) in [5, 5.41) is 15.0. The highest BCUT2D eigenvalue weighted by atomic mass is 16.1. The summed E-state index contributed by atoms with van der Waals surface area (Å²) < 4.78 is 0. The van der Waals surface area contributed by atoms with Crippen LogP contribution in [-0.2, 0) is 4.79 Å². The molecule has 0 amide bonds. The molecule has 0 atom stereocenters. The van der Waals surface area contributed by atoms with E-state index in [1.807, 2.05) is 33.0 Å². The molecule has 0 aromatic carbocycles. The molecule has 106 valence electrons. The van der Waals surface area contributed by atoms with Crippen molar-refractivity contribution in [1.82, 2.24) is 10.6 Å². The van der Waals surface area contributed by atoms with Gasteiger partial charge in [-0.25, -0.2) is 0 Å². The molecule has 0 saturated heterocycles. The fraction of sp³-hybridized carbons (Fsp3) is 0.286. The Labute approximate surface area is 121 Å². The molecule has 0 bridgehead atoms. The number of carbonyl (C=O) groups is 1. The van der Waals surface area contributed by atoms with E-state index in [1.165, 1.54) is 0 Å². The minimum absolute atomic E-state index is 0.00167. The lowest BCUT2D eigenvalue weighted by molar-refractivity contribution is -0.104. The van der Waals surface area contributed by atoms with Crippen LogP contribution in [0.5, 0.6) is 0 Å². The molecule has 0 aromatic rings. The second-order valence-electron chi connectivity index (χ2n) is 4.29. The smallest absolute Gasteiger partial charge is 0.162 e. The van der Waals surface area contributed by atoms with Crippen molar-refractivity contribution in [3.63, 3.8) is 0 Å². The highest BCUT2D eigenvalue weighted by molar-refractivity contribution is 6.21. The fourth-order valence-electron chi connectivity index (χ4n) is 1.42. The summed E-state index contributed by atoms with van der Waals surface area (Å²) >= 11 is 0. The van der Waals surface area contributed by atoms with Gasteiger partial charge < -0.3 is 16.4 Å². The van der Waals surface area contributed by atoms with Gasteiger partial charge in [-0.15, -0.1) is 5.47 Å². The van der Waals surface area contributed by atoms with Gasteiger partial charge >= 0.3 is 0 Å². The van der Waals surface area contributed by atoms with E-state index in [2.05, 4.69) is 17.2 Å². The Morgan fingerprint density at radius 1 is 1.50 bits per heavy atom. The minimum Gasteiger partial charge on any atom is -0.388 e. The summed E-state index contributed by atoms with van der Waals surface area (Å²) in [6.07, 6.45) is 4.28. The molecule has 0 heterocycles. The summed E-state index contributed by atoms with van der Waals surface area (Å²) in [4.78, 5) is 11.0. The van der Waals surface area contributed by atoms with Crippen LogP contribution < -0.4 is 16.4 Å². The zero-order chi connectivity index (χ0) is 15.5. The molecule has 5 nitrogen and oxygen atoms in total. The molecule has 0 aliphatic carbocycles. The van der Waals surface area contributed by atoms with E-state index in [-0.39, 0.29) is 5.57 Å². The number of hydrogen-bond donors (Lipinski definition) is 3. The van der Waals surface area contributed by atoms with Crippen molar-refractivity contribution in [3.05, 3.63) is 46.7 Å². The summed E-state index contributed by atoms with van der Waals surface area (Å²) in [6, 6.07) is 1.86. The van der Waals surface area contributed by atoms with Gasteiger partial charge in [0.2, 0.25) is 0 Å². The van der Waals surface area contributed by atoms with Crippen LogP contribution in [0.15, 0.2) is 46.7 Å². The van der Waals surface area contributed by atoms with Crippen molar-refractivity contribution >= 4 is 14.1 Å². The van der Waals surface area contributed by atoms with E-state index < -0.39 is 0 Å². The molecule has 0 rings (SSSR count). The van der Waals surface area contributed by atoms with Crippen molar-refractivity contribution in [2.24, 2.45) is 5.73 Å². The second kappa shape index (κ2) is 9.65. The van der Waals surface area contributed by atoms with E-state index in [9.17, 15) is 4.79 Å². The quantitative estimate of drug-likeness (QED) is 0.186. The first kappa shape index (κ1) is 17.7. The summed E-state index contributed by atoms with van der Waals surface area (Å²) in [5.74, 6) is 0. The number of hydrogen-bond acceptors (Lipinski definition) is 5. The molecular weight excluding hydrogens is 251 g/mol. The SMILES string of the molecule is B/C(C)=C/C=C(/NC)C(=C)/C(NCCN)=C(/C#N)C=O. The number of nitrogens with zero attached hydrogens (tertiary/aromatic N) is 1. The van der Waals surface area contributed by atoms with E-state index >= 15 is 0 Å². The van der Waals surface area contributed by atoms with Gasteiger partial charge in [-0.3, -0.25) is 4.79 Å². The van der Waals surface area contributed by atoms with E-state index in [4.69, 9.17) is 11.0 Å². The zero-order valence-corrected chi connectivity index (χ0v) is 12.3. The Morgan fingerprint density at radius 2 is 2.15 bits per heavy atom. The van der Waals surface area contributed by atoms with E-state index in [1.54, 1.807) is 7.05 Å². The first-order chi connectivity index (χ1) is 9.51. The van der Waals surface area contributed by atoms with Crippen LogP contribution in [-0.4, -0.2) is 34.3 Å². The predicted molar refractivity (Wildman–Crippen MR) is 84.3 cm³/mol. The normalized spacial score (nSPS) is 13.1. The number of nitrogens with one attached hydrogen (secondary N) is 2. The number of nitriles is 1. The lowest BCUT2D eigenvalue weighted by Gasteiger charge is -2.16. The number of nitrogens with two attached hydrogens (primary N) is 1. The first-order valence-electron chi connectivity index (χ1n) is 6.27. The van der Waals surface area contributed by atoms with Crippen molar-refractivity contribution < 1.29 is 4.79 Å². The van der Waals surface area contributed by atoms with Crippen molar-refractivity contribution in [2.75, 3.05) is 20.1 Å². The minimum atomic E-state index is 0.00167. The fourth-order valence-corrected chi connectivity index (χ4v) is 1.42. The summed E-state index contributed by atoms with van der Waals surface area (Å²) in [7, 11) is 3.73. The number of aldehydes is 1. The molecule has 0 saturated carbocycles. The standard InChI is InChI=1S/C14H21BN4O/c1-10(15)4-5-13(18-3)11(2)14(19-7-6-16)12(8-17)9-20/h4-5,9,18-19H,2,6-7,15-16H2,1,3H3/b10-4+,13-5+,14-12+. The molecule has 0 unspecified atom stereocenters. The molecule has 0 aliphatic rings. The maximum Gasteiger partial charge on any atom is 0.162 e. The van der Waals surface area contributed by atoms with Crippen molar-refractivity contribution in [3.8, 4) is 6.07 Å². The molecule has 0 aromatic heterocycles. The number of rotatable bonds is 8. The highest BCUT2D eigenvalue weighted by Gasteiger charge is 2.12. The van der Waals surface area contributed by atoms with Crippen LogP contribution in [0.25, 0.3) is 0 Å². The van der Waals surface area contributed by atoms with Gasteiger partial charge in [-0.1, -0.05) is 19.6 Å². The maximum absolute atomic E-state index is 11.0. The third-order valence-electron chi connectivity index (χ3n) is 2.43. The van der Waals surface area contributed by atoms with Gasteiger partial charge in [0.25, 0.3) is 0 Å². The average Bonchev–Trinajstić information content (AvgIpc) is 2.43. The van der Waals surface area contributed by atoms with Crippen LogP contribution >= 0.6 is 0 Å². The Morgan fingerprint density at radius 3 is 2.55 bits per heavy atom. The van der Waals surface area contributed by atoms with Crippen LogP contribution in [0, 0.1) is 11.3 Å². The molecule has 4 N–H and O–H groups in total. The van der Waals surface area contributed by atoms with Gasteiger partial charge in [0, 0.05) is 31.4 Å². The van der Waals surface area contributed by atoms with Crippen LogP contribution in [0.3, 0.4) is 0 Å². The van der Waals surface area contributed by atoms with E-state index in [0.717, 1.165) is 11.2 Å². The van der Waals surface area contributed by atoms with Crippen molar-refractivity contribution in [1.29, 1.82) is 5.26 Å². The number of allylic oxidation sites excluding steroid dienone is 4. The number of carbonyl (C=O) groups excluding carboxylic acids is 1. The number of likely N-dealkylation sites (N-methyl/N-ethyl adjacent to an activating group) is 1. The first-order valence-corrected chi connectivity index (χ1v) is 6.27. The van der Waals surface area contributed by atoms with Gasteiger partial charge in [-0.05, 0) is 6.08 Å².